The number of alkyl halides is 1. The lowest BCUT2D eigenvalue weighted by atomic mass is 10.3. The zero-order chi connectivity index (χ0) is 13.1. The highest BCUT2D eigenvalue weighted by Crippen LogP contribution is 2.17. The van der Waals surface area contributed by atoms with Crippen LogP contribution in [-0.2, 0) is 17.2 Å². The highest BCUT2D eigenvalue weighted by Gasteiger charge is 2.13. The largest absolute Gasteiger partial charge is 0.377 e. The van der Waals surface area contributed by atoms with E-state index in [9.17, 15) is 0 Å². The minimum absolute atomic E-state index is 0.123. The Morgan fingerprint density at radius 2 is 2.28 bits per heavy atom. The average molecular weight is 268 g/mol. The van der Waals surface area contributed by atoms with Crippen molar-refractivity contribution >= 4 is 22.8 Å². The van der Waals surface area contributed by atoms with E-state index in [1.54, 1.807) is 0 Å². The number of pyridine rings is 1. The lowest BCUT2D eigenvalue weighted by Gasteiger charge is -2.14. The normalized spacial score (nSPS) is 13.1. The Labute approximate surface area is 112 Å². The fraction of sp³-hybridized carbons (Fsp3) is 0.538. The summed E-state index contributed by atoms with van der Waals surface area (Å²) in [6.07, 6.45) is 1.97. The van der Waals surface area contributed by atoms with Crippen LogP contribution in [0.15, 0.2) is 12.3 Å². The quantitative estimate of drug-likeness (QED) is 0.782. The fourth-order valence-electron chi connectivity index (χ4n) is 2.05. The second-order valence-corrected chi connectivity index (χ2v) is 4.66. The van der Waals surface area contributed by atoms with Gasteiger partial charge in [-0.3, -0.25) is 0 Å². The van der Waals surface area contributed by atoms with Crippen LogP contribution in [0.1, 0.15) is 25.2 Å². The smallest absolute Gasteiger partial charge is 0.160 e. The Bertz CT molecular complexity index is 538. The van der Waals surface area contributed by atoms with Crippen molar-refractivity contribution < 1.29 is 4.74 Å². The van der Waals surface area contributed by atoms with Gasteiger partial charge in [-0.2, -0.15) is 0 Å². The number of rotatable bonds is 5. The van der Waals surface area contributed by atoms with Crippen molar-refractivity contribution in [1.29, 1.82) is 0 Å². The van der Waals surface area contributed by atoms with Crippen molar-refractivity contribution in [2.24, 2.45) is 0 Å². The fourth-order valence-corrected chi connectivity index (χ4v) is 2.25. The highest BCUT2D eigenvalue weighted by atomic mass is 35.5. The number of fused-ring (bicyclic) bond motifs is 1. The third-order valence-electron chi connectivity index (χ3n) is 2.81. The second kappa shape index (κ2) is 5.67. The predicted octanol–water partition coefficient (Wildman–Crippen LogP) is 2.90. The van der Waals surface area contributed by atoms with E-state index in [0.29, 0.717) is 12.5 Å². The van der Waals surface area contributed by atoms with Gasteiger partial charge in [-0.25, -0.2) is 9.97 Å². The lowest BCUT2D eigenvalue weighted by Crippen LogP contribution is -2.18. The van der Waals surface area contributed by atoms with E-state index in [1.807, 2.05) is 37.6 Å². The number of ether oxygens (including phenoxy) is 1. The molecule has 4 nitrogen and oxygen atoms in total. The van der Waals surface area contributed by atoms with E-state index >= 15 is 0 Å². The molecule has 0 spiro atoms. The van der Waals surface area contributed by atoms with Crippen LogP contribution in [0.3, 0.4) is 0 Å². The summed E-state index contributed by atoms with van der Waals surface area (Å²) in [5, 5.41) is 0. The van der Waals surface area contributed by atoms with Crippen LogP contribution in [0.2, 0.25) is 0 Å². The Hall–Kier alpha value is -1.13. The number of nitrogens with zero attached hydrogens (tertiary/aromatic N) is 3. The summed E-state index contributed by atoms with van der Waals surface area (Å²) in [6.45, 7) is 7.47. The molecule has 0 aromatic carbocycles. The van der Waals surface area contributed by atoms with Crippen molar-refractivity contribution in [2.45, 2.75) is 39.3 Å². The molecule has 0 saturated heterocycles. The first kappa shape index (κ1) is 13.3. The van der Waals surface area contributed by atoms with E-state index in [4.69, 9.17) is 16.3 Å². The molecule has 0 aliphatic carbocycles. The number of aryl methyl sites for hydroxylation is 1. The molecule has 0 aliphatic heterocycles. The van der Waals surface area contributed by atoms with E-state index in [0.717, 1.165) is 29.1 Å². The molecular formula is C13H18ClN3O. The maximum Gasteiger partial charge on any atom is 0.160 e. The van der Waals surface area contributed by atoms with E-state index in [1.165, 1.54) is 0 Å². The average Bonchev–Trinajstić information content (AvgIpc) is 2.66. The summed E-state index contributed by atoms with van der Waals surface area (Å²) >= 11 is 5.95. The first-order valence-electron chi connectivity index (χ1n) is 6.15. The maximum absolute atomic E-state index is 5.95. The monoisotopic (exact) mass is 267 g/mol. The van der Waals surface area contributed by atoms with Crippen LogP contribution in [0.25, 0.3) is 11.2 Å². The standard InChI is InChI=1S/C13H18ClN3O/c1-4-18-10(3)8-17-12(6-14)16-11-5-9(2)7-15-13(11)17/h5,7,10H,4,6,8H2,1-3H3. The molecule has 0 fully saturated rings. The molecule has 1 atom stereocenters. The van der Waals surface area contributed by atoms with Gasteiger partial charge < -0.3 is 9.30 Å². The summed E-state index contributed by atoms with van der Waals surface area (Å²) in [7, 11) is 0. The van der Waals surface area contributed by atoms with Crippen molar-refractivity contribution in [3.05, 3.63) is 23.7 Å². The van der Waals surface area contributed by atoms with Gasteiger partial charge in [-0.05, 0) is 32.4 Å². The first-order chi connectivity index (χ1) is 8.65. The molecule has 0 aliphatic rings. The van der Waals surface area contributed by atoms with Crippen molar-refractivity contribution in [3.8, 4) is 0 Å². The van der Waals surface area contributed by atoms with Crippen LogP contribution < -0.4 is 0 Å². The SMILES string of the molecule is CCOC(C)Cn1c(CCl)nc2cc(C)cnc21. The molecule has 18 heavy (non-hydrogen) atoms. The summed E-state index contributed by atoms with van der Waals surface area (Å²) in [5.41, 5.74) is 2.88. The first-order valence-corrected chi connectivity index (χ1v) is 6.68. The third-order valence-corrected chi connectivity index (χ3v) is 3.05. The highest BCUT2D eigenvalue weighted by molar-refractivity contribution is 6.16. The maximum atomic E-state index is 5.95. The van der Waals surface area contributed by atoms with Gasteiger partial charge in [0.15, 0.2) is 5.65 Å². The zero-order valence-corrected chi connectivity index (χ0v) is 11.7. The van der Waals surface area contributed by atoms with Crippen molar-refractivity contribution in [1.82, 2.24) is 14.5 Å². The van der Waals surface area contributed by atoms with Crippen LogP contribution in [0, 0.1) is 6.92 Å². The van der Waals surface area contributed by atoms with Crippen LogP contribution in [0.5, 0.6) is 0 Å². The minimum Gasteiger partial charge on any atom is -0.377 e. The molecule has 2 rings (SSSR count). The Balaban J connectivity index is 2.40. The molecule has 98 valence electrons. The number of hydrogen-bond donors (Lipinski definition) is 0. The van der Waals surface area contributed by atoms with Crippen molar-refractivity contribution in [2.75, 3.05) is 6.61 Å². The van der Waals surface area contributed by atoms with E-state index < -0.39 is 0 Å². The molecule has 5 heteroatoms. The van der Waals surface area contributed by atoms with Gasteiger partial charge in [0.2, 0.25) is 0 Å². The molecule has 1 unspecified atom stereocenters. The summed E-state index contributed by atoms with van der Waals surface area (Å²) in [6, 6.07) is 2.03. The second-order valence-electron chi connectivity index (χ2n) is 4.39. The van der Waals surface area contributed by atoms with E-state index in [2.05, 4.69) is 9.97 Å². The van der Waals surface area contributed by atoms with Gasteiger partial charge in [0, 0.05) is 12.8 Å². The molecule has 2 heterocycles. The Kier molecular flexibility index (Phi) is 4.19. The van der Waals surface area contributed by atoms with Gasteiger partial charge in [0.25, 0.3) is 0 Å². The van der Waals surface area contributed by atoms with Gasteiger partial charge in [-0.1, -0.05) is 0 Å². The number of aromatic nitrogens is 3. The molecule has 2 aromatic rings. The van der Waals surface area contributed by atoms with Crippen LogP contribution in [0.4, 0.5) is 0 Å². The van der Waals surface area contributed by atoms with Gasteiger partial charge in [-0.15, -0.1) is 11.6 Å². The Morgan fingerprint density at radius 3 is 2.94 bits per heavy atom. The zero-order valence-electron chi connectivity index (χ0n) is 11.0. The molecule has 0 amide bonds. The van der Waals surface area contributed by atoms with Crippen molar-refractivity contribution in [3.63, 3.8) is 0 Å². The van der Waals surface area contributed by atoms with Gasteiger partial charge in [0.05, 0.1) is 18.5 Å². The topological polar surface area (TPSA) is 39.9 Å². The van der Waals surface area contributed by atoms with Gasteiger partial charge in [0.1, 0.15) is 11.3 Å². The van der Waals surface area contributed by atoms with Crippen LogP contribution in [-0.4, -0.2) is 27.2 Å². The molecule has 0 N–H and O–H groups in total. The summed E-state index contributed by atoms with van der Waals surface area (Å²) < 4.78 is 7.61. The van der Waals surface area contributed by atoms with Gasteiger partial charge >= 0.3 is 0 Å². The lowest BCUT2D eigenvalue weighted by molar-refractivity contribution is 0.0642. The molecule has 0 radical (unpaired) electrons. The number of hydrogen-bond acceptors (Lipinski definition) is 3. The molecular weight excluding hydrogens is 250 g/mol. The molecule has 0 bridgehead atoms. The van der Waals surface area contributed by atoms with Crippen LogP contribution >= 0.6 is 11.6 Å². The van der Waals surface area contributed by atoms with E-state index in [-0.39, 0.29) is 6.10 Å². The number of imidazole rings is 1. The Morgan fingerprint density at radius 1 is 1.50 bits per heavy atom. The summed E-state index contributed by atoms with van der Waals surface area (Å²) in [4.78, 5) is 8.97. The summed E-state index contributed by atoms with van der Waals surface area (Å²) in [5.74, 6) is 1.23. The molecule has 2 aromatic heterocycles. The minimum atomic E-state index is 0.123. The molecule has 0 saturated carbocycles. The third kappa shape index (κ3) is 2.65. The number of halogens is 1. The predicted molar refractivity (Wildman–Crippen MR) is 72.9 cm³/mol.